The van der Waals surface area contributed by atoms with E-state index in [-0.39, 0.29) is 6.61 Å². The van der Waals surface area contributed by atoms with Crippen LogP contribution in [0.4, 0.5) is 5.95 Å². The summed E-state index contributed by atoms with van der Waals surface area (Å²) in [7, 11) is 0. The van der Waals surface area contributed by atoms with Gasteiger partial charge in [-0.1, -0.05) is 11.6 Å². The van der Waals surface area contributed by atoms with Gasteiger partial charge >= 0.3 is 0 Å². The number of hydrogen-bond acceptors (Lipinski definition) is 5. The third-order valence-electron chi connectivity index (χ3n) is 4.15. The molecule has 2 aliphatic rings. The van der Waals surface area contributed by atoms with Crippen LogP contribution in [0.1, 0.15) is 19.3 Å². The normalized spacial score (nSPS) is 24.1. The van der Waals surface area contributed by atoms with Crippen LogP contribution in [-0.2, 0) is 0 Å². The molecule has 6 heteroatoms. The lowest BCUT2D eigenvalue weighted by Crippen LogP contribution is -2.54. The Hall–Kier alpha value is -0.910. The smallest absolute Gasteiger partial charge is 0.225 e. The number of rotatable bonds is 5. The maximum atomic E-state index is 9.29. The number of piperazine rings is 1. The summed E-state index contributed by atoms with van der Waals surface area (Å²) in [5, 5.41) is 9.85. The highest BCUT2D eigenvalue weighted by Gasteiger charge is 2.32. The number of nitrogens with zero attached hydrogens (tertiary/aromatic N) is 4. The lowest BCUT2D eigenvalue weighted by molar-refractivity contribution is 0.136. The third-order valence-corrected chi connectivity index (χ3v) is 4.34. The summed E-state index contributed by atoms with van der Waals surface area (Å²) in [6, 6.07) is 0.397. The molecule has 1 saturated heterocycles. The van der Waals surface area contributed by atoms with E-state index >= 15 is 0 Å². The molecule has 1 aromatic rings. The Morgan fingerprint density at radius 1 is 1.25 bits per heavy atom. The average molecular weight is 297 g/mol. The van der Waals surface area contributed by atoms with Gasteiger partial charge in [0.05, 0.1) is 17.4 Å². The molecule has 0 spiro atoms. The van der Waals surface area contributed by atoms with E-state index in [0.717, 1.165) is 37.9 Å². The monoisotopic (exact) mass is 296 g/mol. The highest BCUT2D eigenvalue weighted by Crippen LogP contribution is 2.31. The first-order chi connectivity index (χ1) is 9.76. The van der Waals surface area contributed by atoms with Crippen molar-refractivity contribution in [2.45, 2.75) is 25.3 Å². The van der Waals surface area contributed by atoms with Gasteiger partial charge in [0.1, 0.15) is 0 Å². The molecular formula is C14H21ClN4O. The summed E-state index contributed by atoms with van der Waals surface area (Å²) >= 11 is 5.83. The molecule has 1 saturated carbocycles. The zero-order valence-electron chi connectivity index (χ0n) is 11.6. The molecular weight excluding hydrogens is 276 g/mol. The SMILES string of the molecule is OCC[C@@H]1CN(c2ncc(Cl)cn2)CCN1CC1CC1. The summed E-state index contributed by atoms with van der Waals surface area (Å²) in [4.78, 5) is 13.3. The van der Waals surface area contributed by atoms with Crippen LogP contribution in [0.25, 0.3) is 0 Å². The molecule has 5 nitrogen and oxygen atoms in total. The summed E-state index contributed by atoms with van der Waals surface area (Å²) in [6.45, 7) is 4.26. The number of anilines is 1. The molecule has 0 amide bonds. The van der Waals surface area contributed by atoms with Crippen LogP contribution in [0, 0.1) is 5.92 Å². The molecule has 1 atom stereocenters. The molecule has 0 unspecified atom stereocenters. The van der Waals surface area contributed by atoms with E-state index < -0.39 is 0 Å². The average Bonchev–Trinajstić information content (AvgIpc) is 3.26. The van der Waals surface area contributed by atoms with E-state index in [2.05, 4.69) is 19.8 Å². The predicted octanol–water partition coefficient (Wildman–Crippen LogP) is 1.41. The second-order valence-electron chi connectivity index (χ2n) is 5.75. The van der Waals surface area contributed by atoms with E-state index in [0.29, 0.717) is 11.1 Å². The molecule has 2 heterocycles. The number of aliphatic hydroxyl groups excluding tert-OH is 1. The number of hydrogen-bond donors (Lipinski definition) is 1. The van der Waals surface area contributed by atoms with Gasteiger partial charge in [-0.2, -0.15) is 0 Å². The maximum absolute atomic E-state index is 9.29. The maximum Gasteiger partial charge on any atom is 0.225 e. The summed E-state index contributed by atoms with van der Waals surface area (Å²) in [6.07, 6.45) is 6.83. The van der Waals surface area contributed by atoms with Gasteiger partial charge in [-0.3, -0.25) is 4.90 Å². The van der Waals surface area contributed by atoms with Gasteiger partial charge < -0.3 is 10.0 Å². The standard InChI is InChI=1S/C14H21ClN4O/c15-12-7-16-14(17-8-12)19-5-4-18(9-11-1-2-11)13(10-19)3-6-20/h7-8,11,13,20H,1-6,9-10H2/t13-/m1/s1. The first kappa shape index (κ1) is 14.0. The van der Waals surface area contributed by atoms with Gasteiger partial charge in [-0.05, 0) is 25.2 Å². The Kier molecular flexibility index (Phi) is 4.38. The minimum absolute atomic E-state index is 0.237. The van der Waals surface area contributed by atoms with E-state index in [1.165, 1.54) is 19.4 Å². The Balaban J connectivity index is 1.65. The largest absolute Gasteiger partial charge is 0.396 e. The van der Waals surface area contributed by atoms with Gasteiger partial charge in [0.2, 0.25) is 5.95 Å². The van der Waals surface area contributed by atoms with Crippen molar-refractivity contribution < 1.29 is 5.11 Å². The quantitative estimate of drug-likeness (QED) is 0.890. The van der Waals surface area contributed by atoms with Crippen LogP contribution in [0.5, 0.6) is 0 Å². The van der Waals surface area contributed by atoms with Gasteiger partial charge in [-0.15, -0.1) is 0 Å². The fourth-order valence-corrected chi connectivity index (χ4v) is 2.94. The van der Waals surface area contributed by atoms with Gasteiger partial charge in [0.15, 0.2) is 0 Å². The summed E-state index contributed by atoms with van der Waals surface area (Å²) < 4.78 is 0. The number of halogens is 1. The Labute approximate surface area is 124 Å². The van der Waals surface area contributed by atoms with Crippen molar-refractivity contribution in [1.82, 2.24) is 14.9 Å². The van der Waals surface area contributed by atoms with Gasteiger partial charge in [0, 0.05) is 38.8 Å². The number of aliphatic hydroxyl groups is 1. The number of aromatic nitrogens is 2. The fraction of sp³-hybridized carbons (Fsp3) is 0.714. The van der Waals surface area contributed by atoms with E-state index in [1.807, 2.05) is 0 Å². The van der Waals surface area contributed by atoms with Crippen molar-refractivity contribution in [3.8, 4) is 0 Å². The highest BCUT2D eigenvalue weighted by atomic mass is 35.5. The van der Waals surface area contributed by atoms with Crippen LogP contribution in [-0.4, -0.2) is 58.8 Å². The minimum Gasteiger partial charge on any atom is -0.396 e. The second kappa shape index (κ2) is 6.24. The molecule has 1 aliphatic heterocycles. The Morgan fingerprint density at radius 2 is 2.00 bits per heavy atom. The molecule has 3 rings (SSSR count). The summed E-state index contributed by atoms with van der Waals surface area (Å²) in [5.74, 6) is 1.62. The molecule has 110 valence electrons. The molecule has 1 N–H and O–H groups in total. The van der Waals surface area contributed by atoms with Crippen molar-refractivity contribution in [2.75, 3.05) is 37.7 Å². The lowest BCUT2D eigenvalue weighted by Gasteiger charge is -2.41. The molecule has 1 aliphatic carbocycles. The molecule has 0 aromatic carbocycles. The Bertz CT molecular complexity index is 437. The zero-order chi connectivity index (χ0) is 13.9. The molecule has 0 radical (unpaired) electrons. The van der Waals surface area contributed by atoms with Crippen molar-refractivity contribution in [3.63, 3.8) is 0 Å². The first-order valence-electron chi connectivity index (χ1n) is 7.33. The van der Waals surface area contributed by atoms with Crippen LogP contribution < -0.4 is 4.90 Å². The third kappa shape index (κ3) is 3.40. The predicted molar refractivity (Wildman–Crippen MR) is 79.0 cm³/mol. The molecule has 20 heavy (non-hydrogen) atoms. The topological polar surface area (TPSA) is 52.5 Å². The Morgan fingerprint density at radius 3 is 2.65 bits per heavy atom. The van der Waals surface area contributed by atoms with E-state index in [4.69, 9.17) is 11.6 Å². The summed E-state index contributed by atoms with van der Waals surface area (Å²) in [5.41, 5.74) is 0. The lowest BCUT2D eigenvalue weighted by atomic mass is 10.1. The first-order valence-corrected chi connectivity index (χ1v) is 7.71. The van der Waals surface area contributed by atoms with Gasteiger partial charge in [0.25, 0.3) is 0 Å². The van der Waals surface area contributed by atoms with Crippen molar-refractivity contribution in [1.29, 1.82) is 0 Å². The van der Waals surface area contributed by atoms with Crippen LogP contribution >= 0.6 is 11.6 Å². The molecule has 1 aromatic heterocycles. The van der Waals surface area contributed by atoms with Crippen molar-refractivity contribution in [3.05, 3.63) is 17.4 Å². The zero-order valence-corrected chi connectivity index (χ0v) is 12.3. The highest BCUT2D eigenvalue weighted by molar-refractivity contribution is 6.30. The second-order valence-corrected chi connectivity index (χ2v) is 6.19. The fourth-order valence-electron chi connectivity index (χ4n) is 2.84. The van der Waals surface area contributed by atoms with Crippen molar-refractivity contribution >= 4 is 17.5 Å². The van der Waals surface area contributed by atoms with Gasteiger partial charge in [-0.25, -0.2) is 9.97 Å². The molecule has 2 fully saturated rings. The van der Waals surface area contributed by atoms with Crippen LogP contribution in [0.2, 0.25) is 5.02 Å². The van der Waals surface area contributed by atoms with Crippen molar-refractivity contribution in [2.24, 2.45) is 5.92 Å². The van der Waals surface area contributed by atoms with E-state index in [1.54, 1.807) is 12.4 Å². The molecule has 0 bridgehead atoms. The van der Waals surface area contributed by atoms with E-state index in [9.17, 15) is 5.11 Å². The van der Waals surface area contributed by atoms with Crippen LogP contribution in [0.15, 0.2) is 12.4 Å². The minimum atomic E-state index is 0.237. The van der Waals surface area contributed by atoms with Crippen LogP contribution in [0.3, 0.4) is 0 Å².